The van der Waals surface area contributed by atoms with E-state index >= 15 is 0 Å². The molecule has 0 aliphatic rings. The van der Waals surface area contributed by atoms with Crippen molar-refractivity contribution in [3.05, 3.63) is 39.6 Å². The molecular formula is C16H22N4O2. The van der Waals surface area contributed by atoms with Gasteiger partial charge in [-0.1, -0.05) is 6.07 Å². The highest BCUT2D eigenvalue weighted by Crippen LogP contribution is 2.34. The number of pyridine rings is 1. The summed E-state index contributed by atoms with van der Waals surface area (Å²) < 4.78 is 0. The first kappa shape index (κ1) is 16.2. The summed E-state index contributed by atoms with van der Waals surface area (Å²) >= 11 is 0. The zero-order valence-electron chi connectivity index (χ0n) is 13.5. The standard InChI is InChI=1S/C16H22N4O2/c1-11-6-7-13-15(16(11)20(21)22)14(10-12(2)18-13)17-8-5-9-19(3)4/h6-7,10H,5,8-9H2,1-4H3,(H,17,18). The normalized spacial score (nSPS) is 11.1. The van der Waals surface area contributed by atoms with E-state index in [0.29, 0.717) is 16.5 Å². The number of hydrogen-bond donors (Lipinski definition) is 1. The molecule has 1 N–H and O–H groups in total. The van der Waals surface area contributed by atoms with Gasteiger partial charge in [0.2, 0.25) is 0 Å². The van der Waals surface area contributed by atoms with E-state index in [-0.39, 0.29) is 10.6 Å². The van der Waals surface area contributed by atoms with Gasteiger partial charge in [0.1, 0.15) is 5.39 Å². The van der Waals surface area contributed by atoms with Crippen LogP contribution in [0.1, 0.15) is 17.7 Å². The van der Waals surface area contributed by atoms with Crippen LogP contribution in [0.3, 0.4) is 0 Å². The van der Waals surface area contributed by atoms with E-state index in [9.17, 15) is 10.1 Å². The van der Waals surface area contributed by atoms with Crippen LogP contribution in [0.5, 0.6) is 0 Å². The molecule has 0 aliphatic heterocycles. The van der Waals surface area contributed by atoms with Gasteiger partial charge in [0.25, 0.3) is 5.69 Å². The Balaban J connectivity index is 2.43. The van der Waals surface area contributed by atoms with Crippen molar-refractivity contribution in [1.82, 2.24) is 9.88 Å². The van der Waals surface area contributed by atoms with Crippen LogP contribution in [-0.4, -0.2) is 42.0 Å². The average Bonchev–Trinajstić information content (AvgIpc) is 2.43. The third-order valence-electron chi connectivity index (χ3n) is 3.56. The molecule has 1 heterocycles. The van der Waals surface area contributed by atoms with E-state index < -0.39 is 0 Å². The molecule has 2 rings (SSSR count). The summed E-state index contributed by atoms with van der Waals surface area (Å²) in [7, 11) is 4.06. The maximum atomic E-state index is 11.4. The van der Waals surface area contributed by atoms with Crippen molar-refractivity contribution in [3.63, 3.8) is 0 Å². The fourth-order valence-corrected chi connectivity index (χ4v) is 2.54. The van der Waals surface area contributed by atoms with Crippen molar-refractivity contribution in [2.75, 3.05) is 32.5 Å². The summed E-state index contributed by atoms with van der Waals surface area (Å²) in [6.45, 7) is 5.39. The van der Waals surface area contributed by atoms with Gasteiger partial charge in [0.15, 0.2) is 0 Å². The number of nitro benzene ring substituents is 1. The average molecular weight is 302 g/mol. The van der Waals surface area contributed by atoms with Crippen LogP contribution >= 0.6 is 0 Å². The molecule has 1 aromatic carbocycles. The van der Waals surface area contributed by atoms with Gasteiger partial charge in [-0.15, -0.1) is 0 Å². The SMILES string of the molecule is Cc1cc(NCCCN(C)C)c2c([N+](=O)[O-])c(C)ccc2n1. The number of hydrogen-bond acceptors (Lipinski definition) is 5. The summed E-state index contributed by atoms with van der Waals surface area (Å²) in [5, 5.41) is 15.4. The number of anilines is 1. The summed E-state index contributed by atoms with van der Waals surface area (Å²) in [5.41, 5.74) is 3.09. The minimum atomic E-state index is -0.320. The van der Waals surface area contributed by atoms with Gasteiger partial charge in [-0.05, 0) is 53.0 Å². The van der Waals surface area contributed by atoms with Gasteiger partial charge in [0, 0.05) is 17.8 Å². The molecule has 1 aromatic heterocycles. The number of fused-ring (bicyclic) bond motifs is 1. The summed E-state index contributed by atoms with van der Waals surface area (Å²) in [6.07, 6.45) is 0.968. The molecule has 0 radical (unpaired) electrons. The van der Waals surface area contributed by atoms with Gasteiger partial charge < -0.3 is 10.2 Å². The first-order chi connectivity index (χ1) is 10.4. The smallest absolute Gasteiger partial charge is 0.283 e. The number of aryl methyl sites for hydroxylation is 2. The van der Waals surface area contributed by atoms with Crippen LogP contribution in [0.25, 0.3) is 10.9 Å². The minimum absolute atomic E-state index is 0.139. The van der Waals surface area contributed by atoms with Crippen molar-refractivity contribution in [2.45, 2.75) is 20.3 Å². The number of rotatable bonds is 6. The van der Waals surface area contributed by atoms with Gasteiger partial charge >= 0.3 is 0 Å². The van der Waals surface area contributed by atoms with Crippen LogP contribution < -0.4 is 5.32 Å². The number of nitrogens with zero attached hydrogens (tertiary/aromatic N) is 3. The van der Waals surface area contributed by atoms with Crippen LogP contribution in [0.15, 0.2) is 18.2 Å². The van der Waals surface area contributed by atoms with Crippen LogP contribution in [0.2, 0.25) is 0 Å². The lowest BCUT2D eigenvalue weighted by atomic mass is 10.1. The Morgan fingerprint density at radius 1 is 1.32 bits per heavy atom. The molecule has 0 bridgehead atoms. The predicted molar refractivity (Wildman–Crippen MR) is 89.5 cm³/mol. The number of nitro groups is 1. The largest absolute Gasteiger partial charge is 0.384 e. The lowest BCUT2D eigenvalue weighted by molar-refractivity contribution is -0.383. The molecule has 0 fully saturated rings. The minimum Gasteiger partial charge on any atom is -0.384 e. The second kappa shape index (κ2) is 6.70. The molecule has 6 heteroatoms. The lowest BCUT2D eigenvalue weighted by Gasteiger charge is -2.13. The van der Waals surface area contributed by atoms with Crippen molar-refractivity contribution >= 4 is 22.3 Å². The highest BCUT2D eigenvalue weighted by Gasteiger charge is 2.20. The van der Waals surface area contributed by atoms with E-state index in [2.05, 4.69) is 15.2 Å². The van der Waals surface area contributed by atoms with Gasteiger partial charge in [-0.25, -0.2) is 0 Å². The Hall–Kier alpha value is -2.21. The second-order valence-corrected chi connectivity index (χ2v) is 5.78. The Bertz CT molecular complexity index is 698. The molecule has 0 spiro atoms. The van der Waals surface area contributed by atoms with E-state index in [4.69, 9.17) is 0 Å². The third kappa shape index (κ3) is 3.51. The number of aromatic nitrogens is 1. The molecule has 6 nitrogen and oxygen atoms in total. The molecule has 0 saturated heterocycles. The van der Waals surface area contributed by atoms with Gasteiger partial charge in [-0.2, -0.15) is 0 Å². The Kier molecular flexibility index (Phi) is 4.92. The lowest BCUT2D eigenvalue weighted by Crippen LogP contribution is -2.16. The highest BCUT2D eigenvalue weighted by atomic mass is 16.6. The summed E-state index contributed by atoms with van der Waals surface area (Å²) in [5.74, 6) is 0. The summed E-state index contributed by atoms with van der Waals surface area (Å²) in [4.78, 5) is 17.7. The Morgan fingerprint density at radius 2 is 2.05 bits per heavy atom. The third-order valence-corrected chi connectivity index (χ3v) is 3.56. The van der Waals surface area contributed by atoms with E-state index in [1.165, 1.54) is 0 Å². The Labute approximate surface area is 130 Å². The zero-order chi connectivity index (χ0) is 16.3. The van der Waals surface area contributed by atoms with Crippen LogP contribution in [0, 0.1) is 24.0 Å². The molecule has 0 aliphatic carbocycles. The predicted octanol–water partition coefficient (Wildman–Crippen LogP) is 3.12. The Morgan fingerprint density at radius 3 is 2.68 bits per heavy atom. The van der Waals surface area contributed by atoms with Gasteiger partial charge in [-0.3, -0.25) is 15.1 Å². The highest BCUT2D eigenvalue weighted by molar-refractivity contribution is 5.99. The second-order valence-electron chi connectivity index (χ2n) is 5.78. The first-order valence-electron chi connectivity index (χ1n) is 7.34. The first-order valence-corrected chi connectivity index (χ1v) is 7.34. The fraction of sp³-hybridized carbons (Fsp3) is 0.438. The maximum Gasteiger partial charge on any atom is 0.283 e. The quantitative estimate of drug-likeness (QED) is 0.504. The molecular weight excluding hydrogens is 280 g/mol. The van der Waals surface area contributed by atoms with Crippen molar-refractivity contribution in [1.29, 1.82) is 0 Å². The van der Waals surface area contributed by atoms with Crippen molar-refractivity contribution in [2.24, 2.45) is 0 Å². The molecule has 0 saturated carbocycles. The van der Waals surface area contributed by atoms with Crippen LogP contribution in [-0.2, 0) is 0 Å². The van der Waals surface area contributed by atoms with Crippen molar-refractivity contribution < 1.29 is 4.92 Å². The molecule has 0 atom stereocenters. The molecule has 0 amide bonds. The number of benzene rings is 1. The van der Waals surface area contributed by atoms with E-state index in [1.54, 1.807) is 13.0 Å². The van der Waals surface area contributed by atoms with E-state index in [0.717, 1.165) is 30.9 Å². The molecule has 0 unspecified atom stereocenters. The maximum absolute atomic E-state index is 11.4. The summed E-state index contributed by atoms with van der Waals surface area (Å²) in [6, 6.07) is 5.48. The molecule has 2 aromatic rings. The zero-order valence-corrected chi connectivity index (χ0v) is 13.5. The fourth-order valence-electron chi connectivity index (χ4n) is 2.54. The monoisotopic (exact) mass is 302 g/mol. The number of nitrogens with one attached hydrogen (secondary N) is 1. The van der Waals surface area contributed by atoms with Crippen LogP contribution in [0.4, 0.5) is 11.4 Å². The topological polar surface area (TPSA) is 71.3 Å². The molecule has 22 heavy (non-hydrogen) atoms. The van der Waals surface area contributed by atoms with E-state index in [1.807, 2.05) is 33.2 Å². The van der Waals surface area contributed by atoms with Crippen molar-refractivity contribution in [3.8, 4) is 0 Å². The molecule has 118 valence electrons. The van der Waals surface area contributed by atoms with Gasteiger partial charge in [0.05, 0.1) is 16.1 Å².